The molecule has 0 amide bonds. The molecule has 1 aliphatic carbocycles. The number of hydrogen-bond donors (Lipinski definition) is 3. The fraction of sp³-hybridized carbons (Fsp3) is 0.318. The van der Waals surface area contributed by atoms with Crippen molar-refractivity contribution in [1.82, 2.24) is 14.9 Å². The summed E-state index contributed by atoms with van der Waals surface area (Å²) >= 11 is 0. The Bertz CT molecular complexity index is 1120. The number of aromatic nitrogens is 2. The van der Waals surface area contributed by atoms with Crippen LogP contribution in [0.2, 0.25) is 0 Å². The molecule has 0 atom stereocenters. The second kappa shape index (κ2) is 6.74. The topological polar surface area (TPSA) is 70.0 Å². The van der Waals surface area contributed by atoms with E-state index >= 15 is 0 Å². The van der Waals surface area contributed by atoms with Gasteiger partial charge in [0.2, 0.25) is 0 Å². The van der Waals surface area contributed by atoms with Crippen molar-refractivity contribution in [1.29, 1.82) is 0 Å². The van der Waals surface area contributed by atoms with Gasteiger partial charge in [-0.15, -0.1) is 0 Å². The Labute approximate surface area is 158 Å². The van der Waals surface area contributed by atoms with Gasteiger partial charge in [-0.1, -0.05) is 19.1 Å². The van der Waals surface area contributed by atoms with E-state index in [9.17, 15) is 9.90 Å². The van der Waals surface area contributed by atoms with Crippen molar-refractivity contribution in [3.63, 3.8) is 0 Å². The molecule has 0 unspecified atom stereocenters. The monoisotopic (exact) mass is 363 g/mol. The third kappa shape index (κ3) is 2.88. The van der Waals surface area contributed by atoms with E-state index in [-0.39, 0.29) is 11.3 Å². The molecule has 1 aliphatic rings. The average Bonchev–Trinajstić information content (AvgIpc) is 2.84. The van der Waals surface area contributed by atoms with Gasteiger partial charge in [-0.3, -0.25) is 4.79 Å². The summed E-state index contributed by atoms with van der Waals surface area (Å²) in [6.07, 6.45) is 5.68. The van der Waals surface area contributed by atoms with Gasteiger partial charge in [0, 0.05) is 47.7 Å². The number of aromatic amines is 1. The third-order valence-electron chi connectivity index (χ3n) is 5.53. The van der Waals surface area contributed by atoms with Crippen LogP contribution in [-0.4, -0.2) is 27.7 Å². The van der Waals surface area contributed by atoms with E-state index in [4.69, 9.17) is 0 Å². The maximum Gasteiger partial charge on any atom is 0.255 e. The summed E-state index contributed by atoms with van der Waals surface area (Å²) < 4.78 is 2.24. The average molecular weight is 363 g/mol. The van der Waals surface area contributed by atoms with Crippen molar-refractivity contribution in [2.45, 2.75) is 26.7 Å². The number of nitrogens with one attached hydrogen (secondary N) is 2. The number of fused-ring (bicyclic) bond motifs is 4. The van der Waals surface area contributed by atoms with Gasteiger partial charge in [-0.05, 0) is 43.7 Å². The minimum atomic E-state index is -0.237. The second-order valence-electron chi connectivity index (χ2n) is 7.18. The van der Waals surface area contributed by atoms with Crippen LogP contribution in [0.15, 0.2) is 29.1 Å². The Morgan fingerprint density at radius 3 is 2.89 bits per heavy atom. The van der Waals surface area contributed by atoms with Crippen LogP contribution >= 0.6 is 0 Å². The van der Waals surface area contributed by atoms with E-state index in [1.165, 1.54) is 11.2 Å². The van der Waals surface area contributed by atoms with E-state index in [0.717, 1.165) is 47.3 Å². The molecule has 0 saturated carbocycles. The predicted octanol–water partition coefficient (Wildman–Crippen LogP) is 3.27. The molecule has 0 radical (unpaired) electrons. The molecule has 2 heterocycles. The van der Waals surface area contributed by atoms with Crippen LogP contribution in [0.4, 0.5) is 0 Å². The first-order chi connectivity index (χ1) is 13.0. The lowest BCUT2D eigenvalue weighted by Gasteiger charge is -2.13. The molecule has 0 spiro atoms. The second-order valence-corrected chi connectivity index (χ2v) is 7.18. The molecule has 0 aliphatic heterocycles. The Morgan fingerprint density at radius 2 is 2.11 bits per heavy atom. The Morgan fingerprint density at radius 1 is 1.30 bits per heavy atom. The van der Waals surface area contributed by atoms with Gasteiger partial charge in [-0.25, -0.2) is 0 Å². The zero-order chi connectivity index (χ0) is 19.1. The third-order valence-corrected chi connectivity index (χ3v) is 5.53. The summed E-state index contributed by atoms with van der Waals surface area (Å²) in [5, 5.41) is 15.0. The molecule has 140 valence electrons. The highest BCUT2D eigenvalue weighted by atomic mass is 16.3. The van der Waals surface area contributed by atoms with Crippen LogP contribution in [-0.2, 0) is 19.9 Å². The highest BCUT2D eigenvalue weighted by Crippen LogP contribution is 2.37. The van der Waals surface area contributed by atoms with Crippen molar-refractivity contribution < 1.29 is 5.11 Å². The molecule has 4 rings (SSSR count). The van der Waals surface area contributed by atoms with Crippen LogP contribution in [0.3, 0.4) is 0 Å². The van der Waals surface area contributed by atoms with Crippen LogP contribution in [0.25, 0.3) is 28.2 Å². The first-order valence-corrected chi connectivity index (χ1v) is 9.46. The summed E-state index contributed by atoms with van der Waals surface area (Å²) in [5.74, 6) is 0.103. The fourth-order valence-corrected chi connectivity index (χ4v) is 3.91. The molecular formula is C22H25N3O2. The molecule has 0 bridgehead atoms. The largest absolute Gasteiger partial charge is 0.507 e. The van der Waals surface area contributed by atoms with Crippen molar-refractivity contribution >= 4 is 17.0 Å². The van der Waals surface area contributed by atoms with E-state index < -0.39 is 0 Å². The summed E-state index contributed by atoms with van der Waals surface area (Å²) in [6.45, 7) is 5.68. The summed E-state index contributed by atoms with van der Waals surface area (Å²) in [7, 11) is 2.10. The minimum absolute atomic E-state index is 0.103. The fourth-order valence-electron chi connectivity index (χ4n) is 3.91. The van der Waals surface area contributed by atoms with Crippen LogP contribution < -0.4 is 10.9 Å². The first-order valence-electron chi connectivity index (χ1n) is 9.46. The first kappa shape index (κ1) is 17.6. The molecule has 27 heavy (non-hydrogen) atoms. The molecule has 3 aromatic rings. The predicted molar refractivity (Wildman–Crippen MR) is 110 cm³/mol. The van der Waals surface area contributed by atoms with Crippen LogP contribution in [0.5, 0.6) is 5.75 Å². The van der Waals surface area contributed by atoms with E-state index in [2.05, 4.69) is 53.1 Å². The smallest absolute Gasteiger partial charge is 0.255 e. The van der Waals surface area contributed by atoms with Gasteiger partial charge >= 0.3 is 0 Å². The summed E-state index contributed by atoms with van der Waals surface area (Å²) in [6, 6.07) is 6.51. The van der Waals surface area contributed by atoms with Crippen molar-refractivity contribution in [2.75, 3.05) is 13.1 Å². The normalized spacial score (nSPS) is 12.9. The van der Waals surface area contributed by atoms with E-state index in [0.29, 0.717) is 12.0 Å². The number of likely N-dealkylation sites (N-methyl/N-ethyl adjacent to an activating group) is 1. The van der Waals surface area contributed by atoms with E-state index in [1.54, 1.807) is 6.92 Å². The van der Waals surface area contributed by atoms with Crippen molar-refractivity contribution in [3.05, 3.63) is 57.0 Å². The standard InChI is InChI=1S/C22H25N3O2/c1-4-23-9-8-16-10-15-11-18-14(12-19(15)25(16)3)6-5-7-17-20(18)24-22(27)13(2)21(17)26/h5-6,10-12,23H,4,7-9H2,1-3H3,(H2,24,26,27). The lowest BCUT2D eigenvalue weighted by atomic mass is 9.98. The number of allylic oxidation sites excluding steroid dienone is 1. The van der Waals surface area contributed by atoms with Gasteiger partial charge in [0.15, 0.2) is 0 Å². The quantitative estimate of drug-likeness (QED) is 0.623. The number of nitrogens with zero attached hydrogens (tertiary/aromatic N) is 1. The maximum atomic E-state index is 12.3. The zero-order valence-corrected chi connectivity index (χ0v) is 16.0. The van der Waals surface area contributed by atoms with Gasteiger partial charge < -0.3 is 20.0 Å². The highest BCUT2D eigenvalue weighted by molar-refractivity contribution is 5.92. The lowest BCUT2D eigenvalue weighted by molar-refractivity contribution is 0.464. The number of benzene rings is 1. The highest BCUT2D eigenvalue weighted by Gasteiger charge is 2.20. The van der Waals surface area contributed by atoms with Crippen LogP contribution in [0, 0.1) is 6.92 Å². The zero-order valence-electron chi connectivity index (χ0n) is 16.0. The SMILES string of the molecule is CCNCCc1cc2cc3c(cc2n1C)C=CCc1c-3[nH]c(=O)c(C)c1O. The number of H-pyrrole nitrogens is 1. The molecule has 2 aromatic heterocycles. The molecule has 5 heteroatoms. The maximum absolute atomic E-state index is 12.3. The minimum Gasteiger partial charge on any atom is -0.507 e. The van der Waals surface area contributed by atoms with Gasteiger partial charge in [0.1, 0.15) is 5.75 Å². The Kier molecular flexibility index (Phi) is 4.40. The van der Waals surface area contributed by atoms with Crippen LogP contribution in [0.1, 0.15) is 29.3 Å². The van der Waals surface area contributed by atoms with Gasteiger partial charge in [0.05, 0.1) is 11.3 Å². The van der Waals surface area contributed by atoms with E-state index in [1.807, 2.05) is 6.08 Å². The molecule has 3 N–H and O–H groups in total. The molecular weight excluding hydrogens is 338 g/mol. The summed E-state index contributed by atoms with van der Waals surface area (Å²) in [5.41, 5.74) is 6.10. The molecule has 0 fully saturated rings. The number of hydrogen-bond acceptors (Lipinski definition) is 3. The number of aromatic hydroxyl groups is 1. The van der Waals surface area contributed by atoms with Gasteiger partial charge in [-0.2, -0.15) is 0 Å². The number of pyridine rings is 1. The molecule has 1 aromatic carbocycles. The molecule has 5 nitrogen and oxygen atoms in total. The molecule has 0 saturated heterocycles. The Hall–Kier alpha value is -2.79. The lowest BCUT2D eigenvalue weighted by Crippen LogP contribution is -2.17. The Balaban J connectivity index is 1.90. The van der Waals surface area contributed by atoms with Crippen molar-refractivity contribution in [2.24, 2.45) is 7.05 Å². The van der Waals surface area contributed by atoms with Gasteiger partial charge in [0.25, 0.3) is 5.56 Å². The van der Waals surface area contributed by atoms with Crippen molar-refractivity contribution in [3.8, 4) is 17.0 Å². The summed E-state index contributed by atoms with van der Waals surface area (Å²) in [4.78, 5) is 15.2. The number of aryl methyl sites for hydroxylation is 1. The number of rotatable bonds is 4.